The number of fused-ring (bicyclic) bond motifs is 1. The maximum Gasteiger partial charge on any atom is 0.294 e. The van der Waals surface area contributed by atoms with Crippen LogP contribution in [0.1, 0.15) is 10.5 Å². The van der Waals surface area contributed by atoms with Gasteiger partial charge >= 0.3 is 0 Å². The summed E-state index contributed by atoms with van der Waals surface area (Å²) in [5.41, 5.74) is 6.04. The first kappa shape index (κ1) is 11.6. The first-order chi connectivity index (χ1) is 8.13. The molecule has 17 heavy (non-hydrogen) atoms. The van der Waals surface area contributed by atoms with Gasteiger partial charge in [-0.05, 0) is 18.2 Å². The Balaban J connectivity index is 2.62. The Morgan fingerprint density at radius 1 is 1.59 bits per heavy atom. The minimum atomic E-state index is -0.623. The van der Waals surface area contributed by atoms with Crippen molar-refractivity contribution in [3.63, 3.8) is 0 Å². The van der Waals surface area contributed by atoms with Gasteiger partial charge in [0.25, 0.3) is 12.4 Å². The van der Waals surface area contributed by atoms with Gasteiger partial charge in [-0.15, -0.1) is 0 Å². The molecule has 0 atom stereocenters. The van der Waals surface area contributed by atoms with Crippen molar-refractivity contribution in [2.45, 2.75) is 6.73 Å². The second-order valence-electron chi connectivity index (χ2n) is 3.27. The number of halogens is 1. The van der Waals surface area contributed by atoms with Crippen molar-refractivity contribution in [3.05, 3.63) is 28.4 Å². The summed E-state index contributed by atoms with van der Waals surface area (Å²) in [7, 11) is 0. The third-order valence-electron chi connectivity index (χ3n) is 2.21. The van der Waals surface area contributed by atoms with E-state index < -0.39 is 5.91 Å². The summed E-state index contributed by atoms with van der Waals surface area (Å²) in [4.78, 5) is 21.4. The van der Waals surface area contributed by atoms with Crippen LogP contribution in [0.15, 0.2) is 22.7 Å². The molecule has 1 aromatic heterocycles. The van der Waals surface area contributed by atoms with Gasteiger partial charge in [-0.3, -0.25) is 9.59 Å². The number of aromatic nitrogens is 2. The second kappa shape index (κ2) is 4.54. The van der Waals surface area contributed by atoms with E-state index in [1.165, 1.54) is 4.68 Å². The number of carbonyl (C=O) groups is 2. The minimum absolute atomic E-state index is 0.0657. The number of nitrogens with zero attached hydrogens (tertiary/aromatic N) is 2. The first-order valence-electron chi connectivity index (χ1n) is 4.64. The third-order valence-corrected chi connectivity index (χ3v) is 2.71. The molecule has 1 heterocycles. The van der Waals surface area contributed by atoms with E-state index in [-0.39, 0.29) is 12.4 Å². The van der Waals surface area contributed by atoms with Gasteiger partial charge in [0.05, 0.1) is 5.52 Å². The number of primary amides is 1. The molecule has 1 aromatic carbocycles. The van der Waals surface area contributed by atoms with E-state index in [4.69, 9.17) is 5.73 Å². The number of ether oxygens (including phenoxy) is 1. The van der Waals surface area contributed by atoms with Gasteiger partial charge in [-0.1, -0.05) is 15.9 Å². The molecule has 0 unspecified atom stereocenters. The largest absolute Gasteiger partial charge is 0.445 e. The Kier molecular flexibility index (Phi) is 3.10. The van der Waals surface area contributed by atoms with Crippen LogP contribution in [0.5, 0.6) is 0 Å². The topological polar surface area (TPSA) is 87.2 Å². The van der Waals surface area contributed by atoms with Gasteiger partial charge in [0.1, 0.15) is 0 Å². The van der Waals surface area contributed by atoms with Crippen LogP contribution in [0.2, 0.25) is 0 Å². The molecule has 2 rings (SSSR count). The smallest absolute Gasteiger partial charge is 0.294 e. The molecule has 88 valence electrons. The van der Waals surface area contributed by atoms with Gasteiger partial charge < -0.3 is 10.5 Å². The zero-order chi connectivity index (χ0) is 12.4. The lowest BCUT2D eigenvalue weighted by molar-refractivity contribution is -0.132. The molecule has 6 nitrogen and oxygen atoms in total. The fourth-order valence-corrected chi connectivity index (χ4v) is 1.88. The monoisotopic (exact) mass is 297 g/mol. The average molecular weight is 298 g/mol. The highest BCUT2D eigenvalue weighted by atomic mass is 79.9. The Morgan fingerprint density at radius 2 is 2.35 bits per heavy atom. The van der Waals surface area contributed by atoms with E-state index in [1.54, 1.807) is 18.2 Å². The lowest BCUT2D eigenvalue weighted by Crippen LogP contribution is -2.13. The van der Waals surface area contributed by atoms with Crippen molar-refractivity contribution in [1.82, 2.24) is 9.78 Å². The summed E-state index contributed by atoms with van der Waals surface area (Å²) >= 11 is 3.31. The van der Waals surface area contributed by atoms with Crippen molar-refractivity contribution in [2.75, 3.05) is 0 Å². The first-order valence-corrected chi connectivity index (χ1v) is 5.44. The summed E-state index contributed by atoms with van der Waals surface area (Å²) in [5.74, 6) is -0.623. The number of rotatable bonds is 4. The summed E-state index contributed by atoms with van der Waals surface area (Å²) in [6, 6.07) is 5.27. The standard InChI is InChI=1S/C10H8BrN3O3/c11-6-1-2-7-8(3-6)14(4-17-5-15)13-9(7)10(12)16/h1-3,5H,4H2,(H2,12,16). The molecule has 7 heteroatoms. The second-order valence-corrected chi connectivity index (χ2v) is 4.18. The fourth-order valence-electron chi connectivity index (χ4n) is 1.53. The highest BCUT2D eigenvalue weighted by Gasteiger charge is 2.14. The van der Waals surface area contributed by atoms with Crippen molar-refractivity contribution < 1.29 is 14.3 Å². The molecule has 0 spiro atoms. The van der Waals surface area contributed by atoms with Crippen molar-refractivity contribution in [3.8, 4) is 0 Å². The van der Waals surface area contributed by atoms with Gasteiger partial charge in [0.2, 0.25) is 0 Å². The molecule has 0 aliphatic heterocycles. The summed E-state index contributed by atoms with van der Waals surface area (Å²) < 4.78 is 6.84. The van der Waals surface area contributed by atoms with Crippen LogP contribution in [0.4, 0.5) is 0 Å². The number of benzene rings is 1. The molecule has 1 amide bonds. The molecule has 0 aliphatic carbocycles. The Bertz CT molecular complexity index is 594. The van der Waals surface area contributed by atoms with Crippen molar-refractivity contribution in [2.24, 2.45) is 5.73 Å². The Morgan fingerprint density at radius 3 is 3.00 bits per heavy atom. The predicted octanol–water partition coefficient (Wildman–Crippen LogP) is 1.03. The maximum atomic E-state index is 11.2. The van der Waals surface area contributed by atoms with Gasteiger partial charge in [0, 0.05) is 9.86 Å². The zero-order valence-corrected chi connectivity index (χ0v) is 10.2. The molecule has 0 saturated heterocycles. The molecule has 2 aromatic rings. The fraction of sp³-hybridized carbons (Fsp3) is 0.100. The summed E-state index contributed by atoms with van der Waals surface area (Å²) in [5, 5.41) is 4.63. The van der Waals surface area contributed by atoms with Crippen LogP contribution in [-0.4, -0.2) is 22.2 Å². The Hall–Kier alpha value is -1.89. The molecule has 0 saturated carbocycles. The summed E-state index contributed by atoms with van der Waals surface area (Å²) in [6.45, 7) is 0.249. The maximum absolute atomic E-state index is 11.2. The van der Waals surface area contributed by atoms with Gasteiger partial charge in [-0.2, -0.15) is 5.10 Å². The van der Waals surface area contributed by atoms with Gasteiger partial charge in [-0.25, -0.2) is 4.68 Å². The molecule has 0 fully saturated rings. The van der Waals surface area contributed by atoms with Crippen LogP contribution in [0, 0.1) is 0 Å². The van der Waals surface area contributed by atoms with E-state index in [2.05, 4.69) is 25.8 Å². The molecule has 2 N–H and O–H groups in total. The van der Waals surface area contributed by atoms with Crippen LogP contribution < -0.4 is 5.73 Å². The molecule has 0 bridgehead atoms. The van der Waals surface area contributed by atoms with E-state index in [1.807, 2.05) is 0 Å². The number of nitrogens with two attached hydrogens (primary N) is 1. The number of hydrogen-bond donors (Lipinski definition) is 1. The lowest BCUT2D eigenvalue weighted by atomic mass is 10.2. The Labute approximate surface area is 104 Å². The van der Waals surface area contributed by atoms with Gasteiger partial charge in [0.15, 0.2) is 12.4 Å². The number of amides is 1. The molecular weight excluding hydrogens is 290 g/mol. The predicted molar refractivity (Wildman–Crippen MR) is 63.1 cm³/mol. The minimum Gasteiger partial charge on any atom is -0.445 e. The van der Waals surface area contributed by atoms with Crippen LogP contribution in [0.25, 0.3) is 10.9 Å². The van der Waals surface area contributed by atoms with E-state index >= 15 is 0 Å². The number of carbonyl (C=O) groups excluding carboxylic acids is 2. The lowest BCUT2D eigenvalue weighted by Gasteiger charge is -2.00. The van der Waals surface area contributed by atoms with E-state index in [9.17, 15) is 9.59 Å². The third kappa shape index (κ3) is 2.14. The highest BCUT2D eigenvalue weighted by molar-refractivity contribution is 9.10. The van der Waals surface area contributed by atoms with Crippen LogP contribution in [-0.2, 0) is 16.3 Å². The zero-order valence-electron chi connectivity index (χ0n) is 8.59. The van der Waals surface area contributed by atoms with Crippen LogP contribution >= 0.6 is 15.9 Å². The normalized spacial score (nSPS) is 10.4. The molecule has 0 aliphatic rings. The van der Waals surface area contributed by atoms with Crippen molar-refractivity contribution in [1.29, 1.82) is 0 Å². The van der Waals surface area contributed by atoms with E-state index in [0.29, 0.717) is 17.4 Å². The summed E-state index contributed by atoms with van der Waals surface area (Å²) in [6.07, 6.45) is 0. The van der Waals surface area contributed by atoms with Crippen LogP contribution in [0.3, 0.4) is 0 Å². The molecular formula is C10H8BrN3O3. The van der Waals surface area contributed by atoms with E-state index in [0.717, 1.165) is 4.47 Å². The number of hydrogen-bond acceptors (Lipinski definition) is 4. The highest BCUT2D eigenvalue weighted by Crippen LogP contribution is 2.22. The molecule has 0 radical (unpaired) electrons. The van der Waals surface area contributed by atoms with Crippen molar-refractivity contribution >= 4 is 39.2 Å². The quantitative estimate of drug-likeness (QED) is 0.854. The SMILES string of the molecule is NC(=O)c1nn(COC=O)c2cc(Br)ccc12. The average Bonchev–Trinajstić information content (AvgIpc) is 2.64.